The third-order valence-corrected chi connectivity index (χ3v) is 3.01. The van der Waals surface area contributed by atoms with Gasteiger partial charge in [-0.3, -0.25) is 0 Å². The van der Waals surface area contributed by atoms with Crippen LogP contribution in [0.2, 0.25) is 0 Å². The number of nitrogens with one attached hydrogen (secondary N) is 1. The second kappa shape index (κ2) is 4.72. The average molecular weight is 222 g/mol. The Morgan fingerprint density at radius 1 is 1.38 bits per heavy atom. The zero-order valence-electron chi connectivity index (χ0n) is 9.53. The SMILES string of the molecule is COc1ccc(NCC2(CN)COC2)cc1. The third kappa shape index (κ3) is 2.28. The summed E-state index contributed by atoms with van der Waals surface area (Å²) in [5.41, 5.74) is 6.95. The first-order valence-electron chi connectivity index (χ1n) is 5.44. The van der Waals surface area contributed by atoms with E-state index in [4.69, 9.17) is 15.2 Å². The maximum atomic E-state index is 5.74. The van der Waals surface area contributed by atoms with Gasteiger partial charge in [0.05, 0.1) is 20.3 Å². The molecule has 2 rings (SSSR count). The van der Waals surface area contributed by atoms with Gasteiger partial charge in [0.2, 0.25) is 0 Å². The van der Waals surface area contributed by atoms with Gasteiger partial charge in [0.15, 0.2) is 0 Å². The Labute approximate surface area is 95.7 Å². The molecular formula is C12H18N2O2. The molecule has 1 saturated heterocycles. The first kappa shape index (κ1) is 11.2. The highest BCUT2D eigenvalue weighted by atomic mass is 16.5. The number of ether oxygens (including phenoxy) is 2. The molecule has 0 unspecified atom stereocenters. The first-order valence-corrected chi connectivity index (χ1v) is 5.44. The van der Waals surface area contributed by atoms with Crippen LogP contribution < -0.4 is 15.8 Å². The number of hydrogen-bond donors (Lipinski definition) is 2. The Balaban J connectivity index is 1.89. The molecule has 0 amide bonds. The largest absolute Gasteiger partial charge is 0.497 e. The lowest BCUT2D eigenvalue weighted by Crippen LogP contribution is -2.52. The fourth-order valence-electron chi connectivity index (χ4n) is 1.68. The number of anilines is 1. The van der Waals surface area contributed by atoms with Crippen molar-refractivity contribution in [2.24, 2.45) is 11.1 Å². The lowest BCUT2D eigenvalue weighted by Gasteiger charge is -2.40. The summed E-state index contributed by atoms with van der Waals surface area (Å²) >= 11 is 0. The molecule has 1 fully saturated rings. The van der Waals surface area contributed by atoms with Crippen LogP contribution >= 0.6 is 0 Å². The molecule has 4 nitrogen and oxygen atoms in total. The molecular weight excluding hydrogens is 204 g/mol. The normalized spacial score (nSPS) is 17.6. The van der Waals surface area contributed by atoms with Gasteiger partial charge >= 0.3 is 0 Å². The van der Waals surface area contributed by atoms with E-state index < -0.39 is 0 Å². The van der Waals surface area contributed by atoms with Gasteiger partial charge in [-0.15, -0.1) is 0 Å². The van der Waals surface area contributed by atoms with Crippen LogP contribution in [-0.2, 0) is 4.74 Å². The van der Waals surface area contributed by atoms with Gasteiger partial charge in [-0.1, -0.05) is 0 Å². The van der Waals surface area contributed by atoms with Gasteiger partial charge in [0.25, 0.3) is 0 Å². The maximum Gasteiger partial charge on any atom is 0.119 e. The van der Waals surface area contributed by atoms with Gasteiger partial charge in [0.1, 0.15) is 5.75 Å². The third-order valence-electron chi connectivity index (χ3n) is 3.01. The van der Waals surface area contributed by atoms with E-state index in [0.29, 0.717) is 6.54 Å². The van der Waals surface area contributed by atoms with Gasteiger partial charge in [-0.2, -0.15) is 0 Å². The van der Waals surface area contributed by atoms with Crippen molar-refractivity contribution < 1.29 is 9.47 Å². The van der Waals surface area contributed by atoms with Crippen molar-refractivity contribution >= 4 is 5.69 Å². The van der Waals surface area contributed by atoms with E-state index in [2.05, 4.69) is 5.32 Å². The Bertz CT molecular complexity index is 328. The molecule has 1 aromatic carbocycles. The number of rotatable bonds is 5. The van der Waals surface area contributed by atoms with E-state index in [-0.39, 0.29) is 5.41 Å². The summed E-state index contributed by atoms with van der Waals surface area (Å²) in [6, 6.07) is 7.88. The Hall–Kier alpha value is -1.26. The lowest BCUT2D eigenvalue weighted by molar-refractivity contribution is -0.0979. The van der Waals surface area contributed by atoms with E-state index in [1.807, 2.05) is 24.3 Å². The second-order valence-electron chi connectivity index (χ2n) is 4.28. The smallest absolute Gasteiger partial charge is 0.119 e. The molecule has 1 heterocycles. The summed E-state index contributed by atoms with van der Waals surface area (Å²) in [5, 5.41) is 3.37. The zero-order chi connectivity index (χ0) is 11.4. The van der Waals surface area contributed by atoms with E-state index in [0.717, 1.165) is 31.2 Å². The number of hydrogen-bond acceptors (Lipinski definition) is 4. The van der Waals surface area contributed by atoms with Crippen LogP contribution in [0, 0.1) is 5.41 Å². The van der Waals surface area contributed by atoms with E-state index in [1.165, 1.54) is 0 Å². The molecule has 0 bridgehead atoms. The molecule has 4 heteroatoms. The maximum absolute atomic E-state index is 5.74. The Morgan fingerprint density at radius 2 is 2.06 bits per heavy atom. The fourth-order valence-corrected chi connectivity index (χ4v) is 1.68. The molecule has 16 heavy (non-hydrogen) atoms. The van der Waals surface area contributed by atoms with Gasteiger partial charge < -0.3 is 20.5 Å². The van der Waals surface area contributed by atoms with Gasteiger partial charge in [-0.25, -0.2) is 0 Å². The minimum Gasteiger partial charge on any atom is -0.497 e. The molecule has 1 aliphatic rings. The minimum absolute atomic E-state index is 0.125. The molecule has 0 aliphatic carbocycles. The Morgan fingerprint density at radius 3 is 2.50 bits per heavy atom. The van der Waals surface area contributed by atoms with Gasteiger partial charge in [-0.05, 0) is 24.3 Å². The Kier molecular flexibility index (Phi) is 3.31. The molecule has 0 saturated carbocycles. The van der Waals surface area contributed by atoms with Crippen LogP contribution in [0.4, 0.5) is 5.69 Å². The molecule has 0 spiro atoms. The summed E-state index contributed by atoms with van der Waals surface area (Å²) in [6.07, 6.45) is 0. The predicted octanol–water partition coefficient (Wildman–Crippen LogP) is 1.08. The first-order chi connectivity index (χ1) is 7.78. The lowest BCUT2D eigenvalue weighted by atomic mass is 9.86. The van der Waals surface area contributed by atoms with E-state index >= 15 is 0 Å². The van der Waals surface area contributed by atoms with Crippen molar-refractivity contribution in [2.45, 2.75) is 0 Å². The summed E-state index contributed by atoms with van der Waals surface area (Å²) in [7, 11) is 1.66. The van der Waals surface area contributed by atoms with Crippen LogP contribution in [-0.4, -0.2) is 33.4 Å². The number of benzene rings is 1. The summed E-state index contributed by atoms with van der Waals surface area (Å²) in [4.78, 5) is 0. The van der Waals surface area contributed by atoms with Crippen molar-refractivity contribution in [3.05, 3.63) is 24.3 Å². The van der Waals surface area contributed by atoms with Crippen LogP contribution in [0.15, 0.2) is 24.3 Å². The molecule has 0 aromatic heterocycles. The molecule has 0 atom stereocenters. The van der Waals surface area contributed by atoms with Crippen LogP contribution in [0.25, 0.3) is 0 Å². The number of nitrogens with two attached hydrogens (primary N) is 1. The molecule has 88 valence electrons. The quantitative estimate of drug-likeness (QED) is 0.783. The summed E-state index contributed by atoms with van der Waals surface area (Å²) < 4.78 is 10.3. The van der Waals surface area contributed by atoms with Crippen LogP contribution in [0.3, 0.4) is 0 Å². The van der Waals surface area contributed by atoms with Crippen LogP contribution in [0.1, 0.15) is 0 Å². The van der Waals surface area contributed by atoms with Crippen molar-refractivity contribution in [2.75, 3.05) is 38.7 Å². The van der Waals surface area contributed by atoms with Gasteiger partial charge in [0, 0.05) is 24.2 Å². The molecule has 3 N–H and O–H groups in total. The molecule has 0 radical (unpaired) electrons. The molecule has 1 aliphatic heterocycles. The van der Waals surface area contributed by atoms with Crippen molar-refractivity contribution in [1.29, 1.82) is 0 Å². The summed E-state index contributed by atoms with van der Waals surface area (Å²) in [5.74, 6) is 0.867. The van der Waals surface area contributed by atoms with Crippen molar-refractivity contribution in [3.8, 4) is 5.75 Å². The highest BCUT2D eigenvalue weighted by molar-refractivity contribution is 5.46. The second-order valence-corrected chi connectivity index (χ2v) is 4.28. The van der Waals surface area contributed by atoms with Crippen molar-refractivity contribution in [1.82, 2.24) is 0 Å². The highest BCUT2D eigenvalue weighted by Crippen LogP contribution is 2.26. The monoisotopic (exact) mass is 222 g/mol. The van der Waals surface area contributed by atoms with E-state index in [1.54, 1.807) is 7.11 Å². The minimum atomic E-state index is 0.125. The number of methoxy groups -OCH3 is 1. The highest BCUT2D eigenvalue weighted by Gasteiger charge is 2.36. The van der Waals surface area contributed by atoms with Crippen LogP contribution in [0.5, 0.6) is 5.75 Å². The molecule has 1 aromatic rings. The van der Waals surface area contributed by atoms with E-state index in [9.17, 15) is 0 Å². The average Bonchev–Trinajstić information content (AvgIpc) is 2.29. The summed E-state index contributed by atoms with van der Waals surface area (Å²) in [6.45, 7) is 3.03. The predicted molar refractivity (Wildman–Crippen MR) is 63.8 cm³/mol. The topological polar surface area (TPSA) is 56.5 Å². The fraction of sp³-hybridized carbons (Fsp3) is 0.500. The zero-order valence-corrected chi connectivity index (χ0v) is 9.53. The van der Waals surface area contributed by atoms with Crippen molar-refractivity contribution in [3.63, 3.8) is 0 Å². The standard InChI is InChI=1S/C12H18N2O2/c1-15-11-4-2-10(3-5-11)14-7-12(6-13)8-16-9-12/h2-5,14H,6-9,13H2,1H3.